The third kappa shape index (κ3) is 4.89. The van der Waals surface area contributed by atoms with Crippen LogP contribution in [-0.2, 0) is 27.5 Å². The fourth-order valence-corrected chi connectivity index (χ4v) is 2.24. The lowest BCUT2D eigenvalue weighted by atomic mass is 10.1. The Morgan fingerprint density at radius 3 is 2.65 bits per heavy atom. The van der Waals surface area contributed by atoms with Crippen molar-refractivity contribution in [3.05, 3.63) is 35.4 Å². The number of benzene rings is 1. The van der Waals surface area contributed by atoms with Gasteiger partial charge in [0.2, 0.25) is 5.91 Å². The highest BCUT2D eigenvalue weighted by Crippen LogP contribution is 2.12. The molecule has 0 aromatic heterocycles. The normalized spacial score (nSPS) is 14.9. The van der Waals surface area contributed by atoms with Gasteiger partial charge in [0.05, 0.1) is 12.7 Å². The van der Waals surface area contributed by atoms with Crippen molar-refractivity contribution in [2.45, 2.75) is 45.9 Å². The lowest BCUT2D eigenvalue weighted by Crippen LogP contribution is -2.37. The molecule has 1 aliphatic heterocycles. The number of carbonyl (C=O) groups excluding carboxylic acids is 2. The molecule has 1 aromatic rings. The van der Waals surface area contributed by atoms with Crippen LogP contribution in [0.3, 0.4) is 0 Å². The van der Waals surface area contributed by atoms with Crippen LogP contribution in [0, 0.1) is 0 Å². The highest BCUT2D eigenvalue weighted by Gasteiger charge is 2.21. The molecule has 0 atom stereocenters. The van der Waals surface area contributed by atoms with E-state index < -0.39 is 0 Å². The van der Waals surface area contributed by atoms with Gasteiger partial charge in [0, 0.05) is 26.4 Å². The number of amides is 2. The first-order chi connectivity index (χ1) is 11.0. The van der Waals surface area contributed by atoms with Crippen molar-refractivity contribution >= 4 is 17.5 Å². The third-order valence-corrected chi connectivity index (χ3v) is 3.60. The van der Waals surface area contributed by atoms with Crippen molar-refractivity contribution in [2.24, 2.45) is 5.10 Å². The molecule has 0 aliphatic carbocycles. The summed E-state index contributed by atoms with van der Waals surface area (Å²) in [6, 6.07) is 7.85. The third-order valence-electron chi connectivity index (χ3n) is 3.60. The second-order valence-corrected chi connectivity index (χ2v) is 5.78. The van der Waals surface area contributed by atoms with Crippen LogP contribution in [0.15, 0.2) is 29.4 Å². The molecule has 124 valence electrons. The summed E-state index contributed by atoms with van der Waals surface area (Å²) in [6.07, 6.45) is 0.858. The van der Waals surface area contributed by atoms with Gasteiger partial charge >= 0.3 is 0 Å². The fourth-order valence-electron chi connectivity index (χ4n) is 2.24. The van der Waals surface area contributed by atoms with E-state index in [9.17, 15) is 9.59 Å². The topological polar surface area (TPSA) is 71.0 Å². The van der Waals surface area contributed by atoms with E-state index in [1.807, 2.05) is 38.1 Å². The van der Waals surface area contributed by atoms with Gasteiger partial charge in [-0.1, -0.05) is 24.3 Å². The first-order valence-electron chi connectivity index (χ1n) is 7.78. The molecular weight excluding hydrogens is 294 g/mol. The van der Waals surface area contributed by atoms with Gasteiger partial charge < -0.3 is 10.1 Å². The Labute approximate surface area is 136 Å². The molecule has 1 aromatic carbocycles. The van der Waals surface area contributed by atoms with E-state index in [-0.39, 0.29) is 17.9 Å². The predicted octanol–water partition coefficient (Wildman–Crippen LogP) is 1.84. The van der Waals surface area contributed by atoms with Gasteiger partial charge in [-0.3, -0.25) is 9.59 Å². The van der Waals surface area contributed by atoms with E-state index >= 15 is 0 Å². The van der Waals surface area contributed by atoms with Crippen molar-refractivity contribution in [3.8, 4) is 0 Å². The molecule has 0 saturated carbocycles. The SMILES string of the molecule is CC(C)OCc1ccccc1CNC(=O)C1=NN(C)C(=O)CC1. The van der Waals surface area contributed by atoms with Gasteiger partial charge in [-0.2, -0.15) is 5.10 Å². The van der Waals surface area contributed by atoms with Crippen LogP contribution in [0.4, 0.5) is 0 Å². The number of hydrazone groups is 1. The minimum absolute atomic E-state index is 0.0715. The van der Waals surface area contributed by atoms with Crippen LogP contribution in [0.2, 0.25) is 0 Å². The van der Waals surface area contributed by atoms with Crippen LogP contribution in [-0.4, -0.2) is 35.7 Å². The summed E-state index contributed by atoms with van der Waals surface area (Å²) < 4.78 is 5.64. The summed E-state index contributed by atoms with van der Waals surface area (Å²) in [6.45, 7) is 4.90. The molecule has 6 nitrogen and oxygen atoms in total. The molecule has 0 radical (unpaired) electrons. The Balaban J connectivity index is 1.97. The van der Waals surface area contributed by atoms with Gasteiger partial charge in [-0.15, -0.1) is 0 Å². The molecule has 1 heterocycles. The zero-order valence-electron chi connectivity index (χ0n) is 13.8. The number of hydrogen-bond acceptors (Lipinski definition) is 4. The summed E-state index contributed by atoms with van der Waals surface area (Å²) in [4.78, 5) is 23.6. The number of hydrogen-bond donors (Lipinski definition) is 1. The van der Waals surface area contributed by atoms with Crippen LogP contribution in [0.1, 0.15) is 37.8 Å². The average molecular weight is 317 g/mol. The van der Waals surface area contributed by atoms with E-state index in [0.717, 1.165) is 11.1 Å². The second kappa shape index (κ2) is 7.87. The molecule has 1 aliphatic rings. The van der Waals surface area contributed by atoms with E-state index in [0.29, 0.717) is 31.7 Å². The average Bonchev–Trinajstić information content (AvgIpc) is 2.53. The maximum Gasteiger partial charge on any atom is 0.267 e. The molecule has 1 N–H and O–H groups in total. The first kappa shape index (κ1) is 17.1. The number of carbonyl (C=O) groups is 2. The lowest BCUT2D eigenvalue weighted by Gasteiger charge is -2.19. The van der Waals surface area contributed by atoms with Crippen LogP contribution >= 0.6 is 0 Å². The number of nitrogens with one attached hydrogen (secondary N) is 1. The number of rotatable bonds is 6. The molecule has 0 saturated heterocycles. The fraction of sp³-hybridized carbons (Fsp3) is 0.471. The summed E-state index contributed by atoms with van der Waals surface area (Å²) in [7, 11) is 1.56. The van der Waals surface area contributed by atoms with Crippen molar-refractivity contribution in [2.75, 3.05) is 7.05 Å². The number of ether oxygens (including phenoxy) is 1. The van der Waals surface area contributed by atoms with Crippen molar-refractivity contribution in [3.63, 3.8) is 0 Å². The molecule has 23 heavy (non-hydrogen) atoms. The molecule has 6 heteroatoms. The highest BCUT2D eigenvalue weighted by atomic mass is 16.5. The van der Waals surface area contributed by atoms with Gasteiger partial charge in [0.25, 0.3) is 5.91 Å². The molecule has 0 unspecified atom stereocenters. The first-order valence-corrected chi connectivity index (χ1v) is 7.78. The zero-order chi connectivity index (χ0) is 16.8. The maximum atomic E-state index is 12.2. The van der Waals surface area contributed by atoms with Crippen LogP contribution in [0.25, 0.3) is 0 Å². The van der Waals surface area contributed by atoms with Gasteiger partial charge in [-0.05, 0) is 25.0 Å². The Kier molecular flexibility index (Phi) is 5.87. The Morgan fingerprint density at radius 1 is 1.30 bits per heavy atom. The summed E-state index contributed by atoms with van der Waals surface area (Å²) >= 11 is 0. The van der Waals surface area contributed by atoms with Crippen molar-refractivity contribution in [1.82, 2.24) is 10.3 Å². The molecular formula is C17H23N3O3. The van der Waals surface area contributed by atoms with Crippen LogP contribution < -0.4 is 5.32 Å². The molecule has 0 spiro atoms. The minimum Gasteiger partial charge on any atom is -0.374 e. The quantitative estimate of drug-likeness (QED) is 0.870. The maximum absolute atomic E-state index is 12.2. The lowest BCUT2D eigenvalue weighted by molar-refractivity contribution is -0.130. The summed E-state index contributed by atoms with van der Waals surface area (Å²) in [5, 5.41) is 8.12. The molecule has 2 amide bonds. The van der Waals surface area contributed by atoms with Gasteiger partial charge in [-0.25, -0.2) is 5.01 Å². The van der Waals surface area contributed by atoms with Gasteiger partial charge in [0.1, 0.15) is 5.71 Å². The predicted molar refractivity (Wildman–Crippen MR) is 87.7 cm³/mol. The Bertz CT molecular complexity index is 611. The smallest absolute Gasteiger partial charge is 0.267 e. The highest BCUT2D eigenvalue weighted by molar-refractivity contribution is 6.39. The van der Waals surface area contributed by atoms with E-state index in [4.69, 9.17) is 4.74 Å². The standard InChI is InChI=1S/C17H23N3O3/c1-12(2)23-11-14-7-5-4-6-13(14)10-18-17(22)15-8-9-16(21)20(3)19-15/h4-7,12H,8-11H2,1-3H3,(H,18,22). The number of nitrogens with zero attached hydrogens (tertiary/aromatic N) is 2. The van der Waals surface area contributed by atoms with E-state index in [2.05, 4.69) is 10.4 Å². The molecule has 2 rings (SSSR count). The van der Waals surface area contributed by atoms with E-state index in [1.54, 1.807) is 7.05 Å². The Morgan fingerprint density at radius 2 is 2.00 bits per heavy atom. The summed E-state index contributed by atoms with van der Waals surface area (Å²) in [5.74, 6) is -0.304. The monoisotopic (exact) mass is 317 g/mol. The Hall–Kier alpha value is -2.21. The molecule has 0 fully saturated rings. The largest absolute Gasteiger partial charge is 0.374 e. The summed E-state index contributed by atoms with van der Waals surface area (Å²) in [5.41, 5.74) is 2.46. The van der Waals surface area contributed by atoms with E-state index in [1.165, 1.54) is 5.01 Å². The van der Waals surface area contributed by atoms with Gasteiger partial charge in [0.15, 0.2) is 0 Å². The minimum atomic E-state index is -0.232. The van der Waals surface area contributed by atoms with Crippen LogP contribution in [0.5, 0.6) is 0 Å². The zero-order valence-corrected chi connectivity index (χ0v) is 13.8. The molecule has 0 bridgehead atoms. The van der Waals surface area contributed by atoms with Crippen molar-refractivity contribution < 1.29 is 14.3 Å². The van der Waals surface area contributed by atoms with Crippen molar-refractivity contribution in [1.29, 1.82) is 0 Å². The second-order valence-electron chi connectivity index (χ2n) is 5.78.